The van der Waals surface area contributed by atoms with Gasteiger partial charge in [-0.2, -0.15) is 0 Å². The summed E-state index contributed by atoms with van der Waals surface area (Å²) in [4.78, 5) is 11.4. The van der Waals surface area contributed by atoms with Crippen LogP contribution in [0.4, 0.5) is 0 Å². The number of ether oxygens (including phenoxy) is 1. The molecule has 6 heteroatoms. The van der Waals surface area contributed by atoms with Gasteiger partial charge in [-0.3, -0.25) is 4.57 Å². The first-order valence-corrected chi connectivity index (χ1v) is 6.51. The first-order chi connectivity index (χ1) is 9.70. The molecule has 1 aliphatic rings. The lowest BCUT2D eigenvalue weighted by Crippen LogP contribution is -2.25. The van der Waals surface area contributed by atoms with Crippen molar-refractivity contribution in [1.29, 1.82) is 0 Å². The van der Waals surface area contributed by atoms with Gasteiger partial charge in [0.25, 0.3) is 0 Å². The third-order valence-electron chi connectivity index (χ3n) is 3.57. The van der Waals surface area contributed by atoms with E-state index >= 15 is 0 Å². The highest BCUT2D eigenvalue weighted by Gasteiger charge is 2.30. The van der Waals surface area contributed by atoms with Crippen LogP contribution in [0.1, 0.15) is 24.7 Å². The number of aromatic nitrogens is 3. The fourth-order valence-corrected chi connectivity index (χ4v) is 2.60. The summed E-state index contributed by atoms with van der Waals surface area (Å²) in [5.74, 6) is 1.20. The molecule has 104 valence electrons. The lowest BCUT2D eigenvalue weighted by Gasteiger charge is -2.22. The van der Waals surface area contributed by atoms with Gasteiger partial charge < -0.3 is 9.84 Å². The summed E-state index contributed by atoms with van der Waals surface area (Å²) in [6, 6.07) is 6.83. The molecular formula is C14H15N3O3. The number of hydrogen-bond acceptors (Lipinski definition) is 4. The van der Waals surface area contributed by atoms with E-state index in [-0.39, 0.29) is 0 Å². The van der Waals surface area contributed by atoms with Gasteiger partial charge in [-0.05, 0) is 25.0 Å². The van der Waals surface area contributed by atoms with Crippen LogP contribution in [-0.4, -0.2) is 33.0 Å². The third kappa shape index (κ3) is 2.03. The second kappa shape index (κ2) is 4.96. The van der Waals surface area contributed by atoms with Gasteiger partial charge in [-0.25, -0.2) is 4.79 Å². The molecule has 2 aromatic rings. The van der Waals surface area contributed by atoms with Crippen molar-refractivity contribution >= 4 is 5.97 Å². The lowest BCUT2D eigenvalue weighted by atomic mass is 10.0. The molecule has 0 spiro atoms. The molecule has 0 saturated heterocycles. The quantitative estimate of drug-likeness (QED) is 0.924. The molecule has 2 heterocycles. The Morgan fingerprint density at radius 1 is 1.45 bits per heavy atom. The standard InChI is InChI=1S/C14H15N3O3/c1-20-10-5-2-4-9(8-10)13-16-15-12-7-3-6-11(14(18)19)17(12)13/h2,4-5,8,11H,3,6-7H2,1H3,(H,18,19). The minimum absolute atomic E-state index is 0.588. The molecule has 1 atom stereocenters. The summed E-state index contributed by atoms with van der Waals surface area (Å²) in [7, 11) is 1.60. The number of nitrogens with zero attached hydrogens (tertiary/aromatic N) is 3. The highest BCUT2D eigenvalue weighted by Crippen LogP contribution is 2.31. The van der Waals surface area contributed by atoms with Crippen LogP contribution in [0.3, 0.4) is 0 Å². The van der Waals surface area contributed by atoms with Gasteiger partial charge in [-0.1, -0.05) is 12.1 Å². The van der Waals surface area contributed by atoms with Crippen LogP contribution in [-0.2, 0) is 11.2 Å². The minimum Gasteiger partial charge on any atom is -0.497 e. The fraction of sp³-hybridized carbons (Fsp3) is 0.357. The largest absolute Gasteiger partial charge is 0.497 e. The highest BCUT2D eigenvalue weighted by molar-refractivity contribution is 5.73. The number of carboxylic acid groups (broad SMARTS) is 1. The monoisotopic (exact) mass is 273 g/mol. The predicted molar refractivity (Wildman–Crippen MR) is 71.6 cm³/mol. The maximum Gasteiger partial charge on any atom is 0.326 e. The third-order valence-corrected chi connectivity index (χ3v) is 3.57. The molecule has 1 unspecified atom stereocenters. The van der Waals surface area contributed by atoms with E-state index in [1.165, 1.54) is 0 Å². The summed E-state index contributed by atoms with van der Waals surface area (Å²) >= 11 is 0. The SMILES string of the molecule is COc1cccc(-c2nnc3n2C(C(=O)O)CCC3)c1. The Morgan fingerprint density at radius 2 is 2.30 bits per heavy atom. The second-order valence-corrected chi connectivity index (χ2v) is 4.79. The summed E-state index contributed by atoms with van der Waals surface area (Å²) < 4.78 is 6.93. The number of benzene rings is 1. The maximum absolute atomic E-state index is 11.4. The summed E-state index contributed by atoms with van der Waals surface area (Å²) in [5, 5.41) is 17.7. The number of carboxylic acids is 1. The smallest absolute Gasteiger partial charge is 0.326 e. The van der Waals surface area contributed by atoms with Crippen molar-refractivity contribution in [2.24, 2.45) is 0 Å². The van der Waals surface area contributed by atoms with Crippen LogP contribution in [0.2, 0.25) is 0 Å². The van der Waals surface area contributed by atoms with Crippen LogP contribution in [0, 0.1) is 0 Å². The number of rotatable bonds is 3. The van der Waals surface area contributed by atoms with Crippen molar-refractivity contribution in [1.82, 2.24) is 14.8 Å². The van der Waals surface area contributed by atoms with Crippen molar-refractivity contribution in [2.75, 3.05) is 7.11 Å². The van der Waals surface area contributed by atoms with E-state index in [0.29, 0.717) is 18.0 Å². The molecule has 1 aliphatic heterocycles. The van der Waals surface area contributed by atoms with Crippen molar-refractivity contribution in [2.45, 2.75) is 25.3 Å². The van der Waals surface area contributed by atoms with Crippen molar-refractivity contribution < 1.29 is 14.6 Å². The topological polar surface area (TPSA) is 77.2 Å². The molecule has 3 rings (SSSR count). The highest BCUT2D eigenvalue weighted by atomic mass is 16.5. The van der Waals surface area contributed by atoms with Gasteiger partial charge in [0.05, 0.1) is 7.11 Å². The summed E-state index contributed by atoms with van der Waals surface area (Å²) in [6.07, 6.45) is 2.20. The average molecular weight is 273 g/mol. The molecule has 0 fully saturated rings. The minimum atomic E-state index is -0.838. The zero-order valence-corrected chi connectivity index (χ0v) is 11.1. The van der Waals surface area contributed by atoms with E-state index in [0.717, 1.165) is 24.2 Å². The van der Waals surface area contributed by atoms with Gasteiger partial charge in [0.1, 0.15) is 17.6 Å². The lowest BCUT2D eigenvalue weighted by molar-refractivity contribution is -0.141. The average Bonchev–Trinajstić information content (AvgIpc) is 2.91. The van der Waals surface area contributed by atoms with Crippen molar-refractivity contribution in [3.05, 3.63) is 30.1 Å². The molecular weight excluding hydrogens is 258 g/mol. The van der Waals surface area contributed by atoms with Crippen LogP contribution >= 0.6 is 0 Å². The Balaban J connectivity index is 2.11. The number of carbonyl (C=O) groups is 1. The second-order valence-electron chi connectivity index (χ2n) is 4.79. The fourth-order valence-electron chi connectivity index (χ4n) is 2.60. The van der Waals surface area contributed by atoms with Crippen LogP contribution in [0.15, 0.2) is 24.3 Å². The van der Waals surface area contributed by atoms with Crippen molar-refractivity contribution in [3.8, 4) is 17.1 Å². The molecule has 0 saturated carbocycles. The predicted octanol–water partition coefficient (Wildman–Crippen LogP) is 1.92. The Kier molecular flexibility index (Phi) is 3.14. The van der Waals surface area contributed by atoms with E-state index in [1.807, 2.05) is 24.3 Å². The number of methoxy groups -OCH3 is 1. The van der Waals surface area contributed by atoms with Crippen molar-refractivity contribution in [3.63, 3.8) is 0 Å². The Bertz CT molecular complexity index is 651. The Morgan fingerprint density at radius 3 is 3.05 bits per heavy atom. The van der Waals surface area contributed by atoms with E-state index < -0.39 is 12.0 Å². The van der Waals surface area contributed by atoms with E-state index in [9.17, 15) is 9.90 Å². The Hall–Kier alpha value is -2.37. The summed E-state index contributed by atoms with van der Waals surface area (Å²) in [5.41, 5.74) is 0.816. The summed E-state index contributed by atoms with van der Waals surface area (Å²) in [6.45, 7) is 0. The van der Waals surface area contributed by atoms with Gasteiger partial charge in [0.15, 0.2) is 5.82 Å². The van der Waals surface area contributed by atoms with Crippen LogP contribution in [0.5, 0.6) is 5.75 Å². The normalized spacial score (nSPS) is 17.6. The number of aryl methyl sites for hydroxylation is 1. The molecule has 6 nitrogen and oxygen atoms in total. The molecule has 20 heavy (non-hydrogen) atoms. The van der Waals surface area contributed by atoms with Gasteiger partial charge in [0.2, 0.25) is 0 Å². The molecule has 0 amide bonds. The van der Waals surface area contributed by atoms with Gasteiger partial charge in [-0.15, -0.1) is 10.2 Å². The van der Waals surface area contributed by atoms with E-state index in [4.69, 9.17) is 4.74 Å². The number of fused-ring (bicyclic) bond motifs is 1. The van der Waals surface area contributed by atoms with Crippen LogP contribution in [0.25, 0.3) is 11.4 Å². The molecule has 0 bridgehead atoms. The molecule has 1 aromatic carbocycles. The molecule has 1 aromatic heterocycles. The first kappa shape index (κ1) is 12.7. The van der Waals surface area contributed by atoms with E-state index in [1.54, 1.807) is 11.7 Å². The zero-order chi connectivity index (χ0) is 14.1. The molecule has 0 radical (unpaired) electrons. The molecule has 1 N–H and O–H groups in total. The number of aliphatic carboxylic acids is 1. The van der Waals surface area contributed by atoms with Crippen LogP contribution < -0.4 is 4.74 Å². The van der Waals surface area contributed by atoms with Gasteiger partial charge in [0, 0.05) is 12.0 Å². The maximum atomic E-state index is 11.4. The van der Waals surface area contributed by atoms with E-state index in [2.05, 4.69) is 10.2 Å². The molecule has 0 aliphatic carbocycles. The number of hydrogen-bond donors (Lipinski definition) is 1. The Labute approximate surface area is 116 Å². The first-order valence-electron chi connectivity index (χ1n) is 6.51. The zero-order valence-electron chi connectivity index (χ0n) is 11.1. The van der Waals surface area contributed by atoms with Gasteiger partial charge >= 0.3 is 5.97 Å².